The van der Waals surface area contributed by atoms with Gasteiger partial charge in [-0.2, -0.15) is 0 Å². The van der Waals surface area contributed by atoms with Crippen molar-refractivity contribution in [3.63, 3.8) is 0 Å². The Morgan fingerprint density at radius 2 is 1.47 bits per heavy atom. The predicted octanol–water partition coefficient (Wildman–Crippen LogP) is 7.65. The van der Waals surface area contributed by atoms with E-state index in [2.05, 4.69) is 78.8 Å². The number of rotatable bonds is 13. The number of aromatic hydroxyl groups is 1. The van der Waals surface area contributed by atoms with Crippen LogP contribution in [0, 0.1) is 6.92 Å². The van der Waals surface area contributed by atoms with Crippen LogP contribution in [0.25, 0.3) is 22.2 Å². The van der Waals surface area contributed by atoms with Crippen LogP contribution in [0.4, 0.5) is 0 Å². The molecule has 0 radical (unpaired) electrons. The Morgan fingerprint density at radius 1 is 0.806 bits per heavy atom. The standard InChI is InChI=1S/C32H40N2O2/c1-4-6-20-33(21-7-5-2)22-23-36-29-18-12-26(13-19-29)24-34-31-11-9-8-10-30(31)25(3)32(34)27-14-16-28(35)17-15-27/h8-19,35H,4-7,20-24H2,1-3H3. The first-order valence-electron chi connectivity index (χ1n) is 13.4. The maximum absolute atomic E-state index is 9.79. The van der Waals surface area contributed by atoms with E-state index in [4.69, 9.17) is 4.74 Å². The van der Waals surface area contributed by atoms with Gasteiger partial charge in [0.25, 0.3) is 0 Å². The van der Waals surface area contributed by atoms with Gasteiger partial charge >= 0.3 is 0 Å². The Morgan fingerprint density at radius 3 is 2.14 bits per heavy atom. The number of phenolic OH excluding ortho intramolecular Hbond substituents is 1. The minimum Gasteiger partial charge on any atom is -0.508 e. The predicted molar refractivity (Wildman–Crippen MR) is 151 cm³/mol. The fourth-order valence-electron chi connectivity index (χ4n) is 4.90. The van der Waals surface area contributed by atoms with Crippen molar-refractivity contribution in [2.45, 2.75) is 53.0 Å². The molecule has 0 aliphatic carbocycles. The molecule has 0 aliphatic heterocycles. The third-order valence-corrected chi connectivity index (χ3v) is 6.96. The molecular formula is C32H40N2O2. The zero-order valence-electron chi connectivity index (χ0n) is 22.0. The Labute approximate surface area is 216 Å². The molecule has 3 aromatic carbocycles. The van der Waals surface area contributed by atoms with Crippen LogP contribution in [0.15, 0.2) is 72.8 Å². The first-order chi connectivity index (χ1) is 17.6. The topological polar surface area (TPSA) is 37.6 Å². The third kappa shape index (κ3) is 6.30. The first-order valence-corrected chi connectivity index (χ1v) is 13.4. The van der Waals surface area contributed by atoms with Gasteiger partial charge in [0.2, 0.25) is 0 Å². The van der Waals surface area contributed by atoms with Crippen LogP contribution < -0.4 is 4.74 Å². The van der Waals surface area contributed by atoms with Crippen LogP contribution in [0.3, 0.4) is 0 Å². The van der Waals surface area contributed by atoms with Gasteiger partial charge in [-0.25, -0.2) is 0 Å². The van der Waals surface area contributed by atoms with Gasteiger partial charge in [-0.3, -0.25) is 4.90 Å². The molecule has 0 spiro atoms. The zero-order chi connectivity index (χ0) is 25.3. The van der Waals surface area contributed by atoms with Crippen LogP contribution in [-0.4, -0.2) is 40.8 Å². The fourth-order valence-corrected chi connectivity index (χ4v) is 4.90. The lowest BCUT2D eigenvalue weighted by Gasteiger charge is -2.22. The molecule has 36 heavy (non-hydrogen) atoms. The molecule has 0 bridgehead atoms. The SMILES string of the molecule is CCCCN(CCCC)CCOc1ccc(Cn2c(-c3ccc(O)cc3)c(C)c3ccccc32)cc1. The fraction of sp³-hybridized carbons (Fsp3) is 0.375. The summed E-state index contributed by atoms with van der Waals surface area (Å²) >= 11 is 0. The lowest BCUT2D eigenvalue weighted by Crippen LogP contribution is -2.30. The molecule has 4 rings (SSSR count). The van der Waals surface area contributed by atoms with E-state index in [0.717, 1.165) is 44.1 Å². The summed E-state index contributed by atoms with van der Waals surface area (Å²) in [6, 6.07) is 24.6. The van der Waals surface area contributed by atoms with Gasteiger partial charge in [0.05, 0.1) is 5.69 Å². The Balaban J connectivity index is 1.47. The Kier molecular flexibility index (Phi) is 9.07. The number of unbranched alkanes of at least 4 members (excludes halogenated alkanes) is 2. The van der Waals surface area contributed by atoms with Gasteiger partial charge in [0, 0.05) is 24.0 Å². The van der Waals surface area contributed by atoms with Crippen molar-refractivity contribution in [2.75, 3.05) is 26.2 Å². The van der Waals surface area contributed by atoms with E-state index >= 15 is 0 Å². The monoisotopic (exact) mass is 484 g/mol. The molecule has 0 unspecified atom stereocenters. The molecule has 4 aromatic rings. The number of fused-ring (bicyclic) bond motifs is 1. The second-order valence-electron chi connectivity index (χ2n) is 9.66. The van der Waals surface area contributed by atoms with Crippen molar-refractivity contribution >= 4 is 10.9 Å². The highest BCUT2D eigenvalue weighted by molar-refractivity contribution is 5.91. The molecule has 4 nitrogen and oxygen atoms in total. The average Bonchev–Trinajstić information content (AvgIpc) is 3.18. The highest BCUT2D eigenvalue weighted by Gasteiger charge is 2.16. The molecule has 0 atom stereocenters. The van der Waals surface area contributed by atoms with Crippen molar-refractivity contribution < 1.29 is 9.84 Å². The Hall–Kier alpha value is -3.24. The number of aryl methyl sites for hydroxylation is 1. The maximum Gasteiger partial charge on any atom is 0.119 e. The molecule has 0 saturated heterocycles. The van der Waals surface area contributed by atoms with Crippen LogP contribution in [0.5, 0.6) is 11.5 Å². The lowest BCUT2D eigenvalue weighted by atomic mass is 10.1. The van der Waals surface area contributed by atoms with E-state index in [1.54, 1.807) is 12.1 Å². The van der Waals surface area contributed by atoms with E-state index in [9.17, 15) is 5.11 Å². The summed E-state index contributed by atoms with van der Waals surface area (Å²) in [5.41, 5.74) is 6.01. The van der Waals surface area contributed by atoms with Crippen LogP contribution in [0.1, 0.15) is 50.7 Å². The van der Waals surface area contributed by atoms with Crippen molar-refractivity contribution in [3.05, 3.63) is 83.9 Å². The summed E-state index contributed by atoms with van der Waals surface area (Å²) in [4.78, 5) is 2.53. The number of nitrogens with zero attached hydrogens (tertiary/aromatic N) is 2. The van der Waals surface area contributed by atoms with Crippen molar-refractivity contribution in [2.24, 2.45) is 0 Å². The molecule has 0 amide bonds. The summed E-state index contributed by atoms with van der Waals surface area (Å²) in [5.74, 6) is 1.21. The van der Waals surface area contributed by atoms with E-state index < -0.39 is 0 Å². The van der Waals surface area contributed by atoms with E-state index in [1.807, 2.05) is 12.1 Å². The maximum atomic E-state index is 9.79. The highest BCUT2D eigenvalue weighted by atomic mass is 16.5. The number of para-hydroxylation sites is 1. The molecule has 0 aliphatic rings. The quantitative estimate of drug-likeness (QED) is 0.212. The Bertz CT molecular complexity index is 1220. The largest absolute Gasteiger partial charge is 0.508 e. The van der Waals surface area contributed by atoms with Gasteiger partial charge in [-0.15, -0.1) is 0 Å². The van der Waals surface area contributed by atoms with E-state index in [0.29, 0.717) is 0 Å². The van der Waals surface area contributed by atoms with Crippen molar-refractivity contribution in [3.8, 4) is 22.8 Å². The second-order valence-corrected chi connectivity index (χ2v) is 9.66. The summed E-state index contributed by atoms with van der Waals surface area (Å²) in [5, 5.41) is 11.1. The van der Waals surface area contributed by atoms with Gasteiger partial charge in [0.15, 0.2) is 0 Å². The number of phenols is 1. The number of hydrogen-bond donors (Lipinski definition) is 1. The molecule has 1 heterocycles. The molecule has 4 heteroatoms. The van der Waals surface area contributed by atoms with E-state index in [1.165, 1.54) is 53.4 Å². The van der Waals surface area contributed by atoms with Gasteiger partial charge in [-0.1, -0.05) is 57.0 Å². The number of benzene rings is 3. The third-order valence-electron chi connectivity index (χ3n) is 6.96. The van der Waals surface area contributed by atoms with Gasteiger partial charge < -0.3 is 14.4 Å². The molecule has 1 N–H and O–H groups in total. The number of ether oxygens (including phenoxy) is 1. The summed E-state index contributed by atoms with van der Waals surface area (Å²) in [7, 11) is 0. The van der Waals surface area contributed by atoms with Gasteiger partial charge in [-0.05, 0) is 92.0 Å². The second kappa shape index (κ2) is 12.6. The minimum absolute atomic E-state index is 0.286. The number of hydrogen-bond acceptors (Lipinski definition) is 3. The molecule has 190 valence electrons. The summed E-state index contributed by atoms with van der Waals surface area (Å²) < 4.78 is 8.49. The normalized spacial score (nSPS) is 11.4. The summed E-state index contributed by atoms with van der Waals surface area (Å²) in [6.45, 7) is 11.5. The minimum atomic E-state index is 0.286. The van der Waals surface area contributed by atoms with Crippen LogP contribution >= 0.6 is 0 Å². The highest BCUT2D eigenvalue weighted by Crippen LogP contribution is 2.34. The van der Waals surface area contributed by atoms with Gasteiger partial charge in [0.1, 0.15) is 18.1 Å². The van der Waals surface area contributed by atoms with E-state index in [-0.39, 0.29) is 5.75 Å². The first kappa shape index (κ1) is 25.8. The zero-order valence-corrected chi connectivity index (χ0v) is 22.0. The smallest absolute Gasteiger partial charge is 0.119 e. The molecular weight excluding hydrogens is 444 g/mol. The number of aromatic nitrogens is 1. The van der Waals surface area contributed by atoms with Crippen LogP contribution in [0.2, 0.25) is 0 Å². The van der Waals surface area contributed by atoms with Crippen molar-refractivity contribution in [1.29, 1.82) is 0 Å². The molecule has 0 fully saturated rings. The summed E-state index contributed by atoms with van der Waals surface area (Å²) in [6.07, 6.45) is 4.96. The molecule has 1 aromatic heterocycles. The molecule has 0 saturated carbocycles. The van der Waals surface area contributed by atoms with Crippen LogP contribution in [-0.2, 0) is 6.54 Å². The lowest BCUT2D eigenvalue weighted by molar-refractivity contribution is 0.204. The average molecular weight is 485 g/mol. The van der Waals surface area contributed by atoms with Crippen molar-refractivity contribution in [1.82, 2.24) is 9.47 Å².